The van der Waals surface area contributed by atoms with E-state index >= 15 is 0 Å². The third-order valence-electron chi connectivity index (χ3n) is 4.16. The third kappa shape index (κ3) is 3.84. The molecule has 1 saturated heterocycles. The van der Waals surface area contributed by atoms with Gasteiger partial charge >= 0.3 is 0 Å². The van der Waals surface area contributed by atoms with Gasteiger partial charge in [-0.3, -0.25) is 0 Å². The van der Waals surface area contributed by atoms with Gasteiger partial charge in [-0.1, -0.05) is 18.2 Å². The molecule has 128 valence electrons. The fourth-order valence-corrected chi connectivity index (χ4v) is 4.61. The summed E-state index contributed by atoms with van der Waals surface area (Å²) in [5, 5.41) is 6.50. The molecule has 1 aliphatic rings. The van der Waals surface area contributed by atoms with Crippen molar-refractivity contribution in [3.8, 4) is 0 Å². The van der Waals surface area contributed by atoms with Crippen LogP contribution in [0.3, 0.4) is 0 Å². The fourth-order valence-electron chi connectivity index (χ4n) is 2.94. The number of hydrogen-bond donors (Lipinski definition) is 2. The summed E-state index contributed by atoms with van der Waals surface area (Å²) in [6, 6.07) is 7.83. The molecule has 0 aliphatic carbocycles. The van der Waals surface area contributed by atoms with Crippen LogP contribution in [-0.4, -0.2) is 35.9 Å². The van der Waals surface area contributed by atoms with E-state index in [0.717, 1.165) is 22.5 Å². The smallest absolute Gasteiger partial charge is 0.229 e. The molecule has 0 radical (unpaired) electrons. The Morgan fingerprint density at radius 1 is 1.12 bits per heavy atom. The summed E-state index contributed by atoms with van der Waals surface area (Å²) in [5.74, 6) is 1.56. The maximum absolute atomic E-state index is 11.6. The van der Waals surface area contributed by atoms with Crippen LogP contribution in [0.15, 0.2) is 24.3 Å². The number of sulfone groups is 1. The summed E-state index contributed by atoms with van der Waals surface area (Å²) < 4.78 is 23.2. The fraction of sp³-hybridized carbons (Fsp3) is 0.412. The standard InChI is InChI=1S/C17H22N4O2S/c1-11-5-4-6-12(2)16(11)21-17-18-13(3)9-15(20-17)19-14-7-8-24(22,23)10-14/h4-6,9,14H,7-8,10H2,1-3H3,(H2,18,19,20,21). The van der Waals surface area contributed by atoms with Crippen molar-refractivity contribution in [2.24, 2.45) is 0 Å². The lowest BCUT2D eigenvalue weighted by Gasteiger charge is -2.15. The molecule has 6 nitrogen and oxygen atoms in total. The molecule has 0 amide bonds. The second-order valence-electron chi connectivity index (χ2n) is 6.35. The minimum atomic E-state index is -2.92. The van der Waals surface area contributed by atoms with Crippen LogP contribution in [0.25, 0.3) is 0 Å². The lowest BCUT2D eigenvalue weighted by Crippen LogP contribution is -2.21. The van der Waals surface area contributed by atoms with Crippen molar-refractivity contribution in [3.63, 3.8) is 0 Å². The summed E-state index contributed by atoms with van der Waals surface area (Å²) in [7, 11) is -2.92. The van der Waals surface area contributed by atoms with Crippen molar-refractivity contribution in [2.45, 2.75) is 33.2 Å². The highest BCUT2D eigenvalue weighted by Gasteiger charge is 2.28. The highest BCUT2D eigenvalue weighted by Crippen LogP contribution is 2.24. The first-order chi connectivity index (χ1) is 11.3. The molecular formula is C17H22N4O2S. The molecular weight excluding hydrogens is 324 g/mol. The van der Waals surface area contributed by atoms with E-state index in [9.17, 15) is 8.42 Å². The lowest BCUT2D eigenvalue weighted by molar-refractivity contribution is 0.602. The zero-order chi connectivity index (χ0) is 17.3. The second-order valence-corrected chi connectivity index (χ2v) is 8.58. The molecule has 1 aromatic carbocycles. The van der Waals surface area contributed by atoms with E-state index in [1.54, 1.807) is 0 Å². The Kier molecular flexibility index (Phi) is 4.45. The van der Waals surface area contributed by atoms with Crippen LogP contribution >= 0.6 is 0 Å². The summed E-state index contributed by atoms with van der Waals surface area (Å²) in [6.45, 7) is 5.97. The van der Waals surface area contributed by atoms with Gasteiger partial charge in [-0.15, -0.1) is 0 Å². The number of rotatable bonds is 4. The molecule has 2 heterocycles. The molecule has 24 heavy (non-hydrogen) atoms. The predicted octanol–water partition coefficient (Wildman–Crippen LogP) is 2.74. The summed E-state index contributed by atoms with van der Waals surface area (Å²) in [6.07, 6.45) is 0.616. The average Bonchev–Trinajstić information content (AvgIpc) is 2.81. The van der Waals surface area contributed by atoms with Crippen LogP contribution in [-0.2, 0) is 9.84 Å². The molecule has 0 bridgehead atoms. The van der Waals surface area contributed by atoms with E-state index < -0.39 is 9.84 Å². The van der Waals surface area contributed by atoms with Crippen LogP contribution in [0.5, 0.6) is 0 Å². The number of nitrogens with zero attached hydrogens (tertiary/aromatic N) is 2. The molecule has 1 aliphatic heterocycles. The molecule has 1 unspecified atom stereocenters. The van der Waals surface area contributed by atoms with Gasteiger partial charge in [0, 0.05) is 23.5 Å². The zero-order valence-electron chi connectivity index (χ0n) is 14.1. The number of benzene rings is 1. The van der Waals surface area contributed by atoms with Gasteiger partial charge in [0.15, 0.2) is 9.84 Å². The molecule has 2 aromatic rings. The molecule has 1 fully saturated rings. The minimum Gasteiger partial charge on any atom is -0.366 e. The van der Waals surface area contributed by atoms with E-state index in [-0.39, 0.29) is 17.5 Å². The highest BCUT2D eigenvalue weighted by atomic mass is 32.2. The maximum Gasteiger partial charge on any atom is 0.229 e. The largest absolute Gasteiger partial charge is 0.366 e. The number of hydrogen-bond acceptors (Lipinski definition) is 6. The Morgan fingerprint density at radius 2 is 1.83 bits per heavy atom. The minimum absolute atomic E-state index is 0.0858. The molecule has 1 aromatic heterocycles. The summed E-state index contributed by atoms with van der Waals surface area (Å²) >= 11 is 0. The van der Waals surface area contributed by atoms with Crippen LogP contribution in [0.2, 0.25) is 0 Å². The normalized spacial score (nSPS) is 19.2. The number of anilines is 3. The van der Waals surface area contributed by atoms with E-state index in [1.807, 2.05) is 45.0 Å². The van der Waals surface area contributed by atoms with E-state index in [2.05, 4.69) is 20.6 Å². The lowest BCUT2D eigenvalue weighted by atomic mass is 10.1. The topological polar surface area (TPSA) is 84.0 Å². The van der Waals surface area contributed by atoms with Gasteiger partial charge in [0.1, 0.15) is 5.82 Å². The van der Waals surface area contributed by atoms with Crippen molar-refractivity contribution in [2.75, 3.05) is 22.1 Å². The first-order valence-corrected chi connectivity index (χ1v) is 9.80. The van der Waals surface area contributed by atoms with Crippen molar-refractivity contribution in [1.29, 1.82) is 0 Å². The van der Waals surface area contributed by atoms with Crippen molar-refractivity contribution < 1.29 is 8.42 Å². The molecule has 1 atom stereocenters. The number of aryl methyl sites for hydroxylation is 3. The molecule has 3 rings (SSSR count). The third-order valence-corrected chi connectivity index (χ3v) is 5.92. The Morgan fingerprint density at radius 3 is 2.46 bits per heavy atom. The molecule has 0 saturated carbocycles. The summed E-state index contributed by atoms with van der Waals surface area (Å²) in [4.78, 5) is 8.93. The van der Waals surface area contributed by atoms with Gasteiger partial charge < -0.3 is 10.6 Å². The average molecular weight is 346 g/mol. The molecule has 0 spiro atoms. The first-order valence-electron chi connectivity index (χ1n) is 7.98. The Hall–Kier alpha value is -2.15. The van der Waals surface area contributed by atoms with Gasteiger partial charge in [0.05, 0.1) is 11.5 Å². The number of aromatic nitrogens is 2. The Balaban J connectivity index is 1.82. The monoisotopic (exact) mass is 346 g/mol. The quantitative estimate of drug-likeness (QED) is 0.885. The number of para-hydroxylation sites is 1. The van der Waals surface area contributed by atoms with Crippen molar-refractivity contribution in [3.05, 3.63) is 41.1 Å². The van der Waals surface area contributed by atoms with Gasteiger partial charge in [-0.05, 0) is 38.3 Å². The zero-order valence-corrected chi connectivity index (χ0v) is 14.9. The van der Waals surface area contributed by atoms with Gasteiger partial charge in [-0.2, -0.15) is 4.98 Å². The van der Waals surface area contributed by atoms with Gasteiger partial charge in [0.2, 0.25) is 5.95 Å². The highest BCUT2D eigenvalue weighted by molar-refractivity contribution is 7.91. The van der Waals surface area contributed by atoms with E-state index in [0.29, 0.717) is 18.2 Å². The van der Waals surface area contributed by atoms with Gasteiger partial charge in [0.25, 0.3) is 0 Å². The second kappa shape index (κ2) is 6.39. The van der Waals surface area contributed by atoms with E-state index in [4.69, 9.17) is 0 Å². The molecule has 7 heteroatoms. The first kappa shape index (κ1) is 16.7. The van der Waals surface area contributed by atoms with Crippen LogP contribution in [0.4, 0.5) is 17.5 Å². The summed E-state index contributed by atoms with van der Waals surface area (Å²) in [5.41, 5.74) is 4.06. The van der Waals surface area contributed by atoms with Gasteiger partial charge in [-0.25, -0.2) is 13.4 Å². The van der Waals surface area contributed by atoms with Crippen molar-refractivity contribution in [1.82, 2.24) is 9.97 Å². The van der Waals surface area contributed by atoms with Crippen LogP contribution in [0.1, 0.15) is 23.2 Å². The predicted molar refractivity (Wildman–Crippen MR) is 96.6 cm³/mol. The van der Waals surface area contributed by atoms with Crippen molar-refractivity contribution >= 4 is 27.3 Å². The SMILES string of the molecule is Cc1cc(NC2CCS(=O)(=O)C2)nc(Nc2c(C)cccc2C)n1. The Bertz CT molecular complexity index is 845. The molecule has 2 N–H and O–H groups in total. The van der Waals surface area contributed by atoms with E-state index in [1.165, 1.54) is 0 Å². The van der Waals surface area contributed by atoms with Crippen LogP contribution in [0, 0.1) is 20.8 Å². The Labute approximate surface area is 142 Å². The number of nitrogens with one attached hydrogen (secondary N) is 2. The maximum atomic E-state index is 11.6. The van der Waals surface area contributed by atoms with Crippen LogP contribution < -0.4 is 10.6 Å².